The molecule has 0 amide bonds. The van der Waals surface area contributed by atoms with E-state index >= 15 is 0 Å². The zero-order chi connectivity index (χ0) is 15.2. The van der Waals surface area contributed by atoms with E-state index < -0.39 is 0 Å². The molecule has 0 spiro atoms. The molecule has 0 radical (unpaired) electrons. The maximum Gasteiger partial charge on any atom is 0.123 e. The zero-order valence-electron chi connectivity index (χ0n) is 12.7. The van der Waals surface area contributed by atoms with Crippen LogP contribution in [0, 0.1) is 6.92 Å². The van der Waals surface area contributed by atoms with Gasteiger partial charge in [-0.15, -0.1) is 0 Å². The van der Waals surface area contributed by atoms with Crippen molar-refractivity contribution in [1.29, 1.82) is 0 Å². The summed E-state index contributed by atoms with van der Waals surface area (Å²) in [6, 6.07) is 8.62. The van der Waals surface area contributed by atoms with Gasteiger partial charge in [0, 0.05) is 28.5 Å². The van der Waals surface area contributed by atoms with Crippen molar-refractivity contribution < 1.29 is 4.74 Å². The molecule has 1 atom stereocenters. The van der Waals surface area contributed by atoms with Crippen LogP contribution in [0.25, 0.3) is 0 Å². The molecule has 0 bridgehead atoms. The predicted molar refractivity (Wildman–Crippen MR) is 89.8 cm³/mol. The molecule has 4 heteroatoms. The Balaban J connectivity index is 2.32. The molecule has 1 heterocycles. The Hall–Kier alpha value is -1.39. The van der Waals surface area contributed by atoms with Crippen LogP contribution in [-0.4, -0.2) is 18.6 Å². The molecule has 21 heavy (non-hydrogen) atoms. The maximum atomic E-state index is 5.52. The van der Waals surface area contributed by atoms with Crippen LogP contribution in [0.1, 0.15) is 29.7 Å². The summed E-state index contributed by atoms with van der Waals surface area (Å²) in [4.78, 5) is 4.25. The lowest BCUT2D eigenvalue weighted by molar-refractivity contribution is 0.399. The first-order valence-electron chi connectivity index (χ1n) is 7.11. The molecule has 0 aliphatic heterocycles. The number of hydrogen-bond donors (Lipinski definition) is 1. The summed E-state index contributed by atoms with van der Waals surface area (Å²) in [7, 11) is 1.72. The Labute approximate surface area is 134 Å². The van der Waals surface area contributed by atoms with Crippen LogP contribution in [0.3, 0.4) is 0 Å². The lowest BCUT2D eigenvalue weighted by atomic mass is 9.97. The van der Waals surface area contributed by atoms with Gasteiger partial charge in [0.05, 0.1) is 7.11 Å². The number of rotatable bonds is 6. The quantitative estimate of drug-likeness (QED) is 0.854. The number of likely N-dealkylation sites (N-methyl/N-ethyl adjacent to an activating group) is 1. The van der Waals surface area contributed by atoms with E-state index in [0.717, 1.165) is 23.2 Å². The van der Waals surface area contributed by atoms with Crippen molar-refractivity contribution in [3.63, 3.8) is 0 Å². The first-order valence-corrected chi connectivity index (χ1v) is 7.90. The third-order valence-electron chi connectivity index (χ3n) is 3.41. The fourth-order valence-corrected chi connectivity index (χ4v) is 2.88. The number of hydrogen-bond acceptors (Lipinski definition) is 3. The molecule has 1 aromatic carbocycles. The Kier molecular flexibility index (Phi) is 5.76. The highest BCUT2D eigenvalue weighted by atomic mass is 79.9. The standard InChI is InChI=1S/C17H21BrN2O/c1-4-20-16(9-13-8-14(18)11-19-10-13)15-7-12(2)5-6-17(15)21-3/h5-8,10-11,16,20H,4,9H2,1-3H3. The SMILES string of the molecule is CCNC(Cc1cncc(Br)c1)c1cc(C)ccc1OC. The summed E-state index contributed by atoms with van der Waals surface area (Å²) < 4.78 is 6.53. The van der Waals surface area contributed by atoms with Gasteiger partial charge in [-0.05, 0) is 53.5 Å². The second-order valence-electron chi connectivity index (χ2n) is 5.07. The molecule has 2 rings (SSSR count). The second kappa shape index (κ2) is 7.57. The van der Waals surface area contributed by atoms with Crippen LogP contribution < -0.4 is 10.1 Å². The summed E-state index contributed by atoms with van der Waals surface area (Å²) in [6.07, 6.45) is 4.59. The van der Waals surface area contributed by atoms with Crippen LogP contribution in [0.5, 0.6) is 5.75 Å². The van der Waals surface area contributed by atoms with E-state index in [9.17, 15) is 0 Å². The Bertz CT molecular complexity index is 601. The molecule has 2 aromatic rings. The van der Waals surface area contributed by atoms with E-state index in [-0.39, 0.29) is 6.04 Å². The summed E-state index contributed by atoms with van der Waals surface area (Å²) in [5.41, 5.74) is 3.62. The van der Waals surface area contributed by atoms with Gasteiger partial charge < -0.3 is 10.1 Å². The largest absolute Gasteiger partial charge is 0.496 e. The first kappa shape index (κ1) is 16.0. The van der Waals surface area contributed by atoms with E-state index in [2.05, 4.69) is 58.3 Å². The minimum absolute atomic E-state index is 0.209. The number of pyridine rings is 1. The topological polar surface area (TPSA) is 34.2 Å². The third kappa shape index (κ3) is 4.29. The smallest absolute Gasteiger partial charge is 0.123 e. The van der Waals surface area contributed by atoms with Gasteiger partial charge in [0.1, 0.15) is 5.75 Å². The second-order valence-corrected chi connectivity index (χ2v) is 5.99. The van der Waals surface area contributed by atoms with Gasteiger partial charge >= 0.3 is 0 Å². The Morgan fingerprint density at radius 1 is 1.29 bits per heavy atom. The summed E-state index contributed by atoms with van der Waals surface area (Å²) in [5.74, 6) is 0.925. The van der Waals surface area contributed by atoms with E-state index in [1.165, 1.54) is 16.7 Å². The van der Waals surface area contributed by atoms with Gasteiger partial charge in [0.2, 0.25) is 0 Å². The lowest BCUT2D eigenvalue weighted by Crippen LogP contribution is -2.23. The minimum atomic E-state index is 0.209. The number of nitrogens with zero attached hydrogens (tertiary/aromatic N) is 1. The number of benzene rings is 1. The van der Waals surface area contributed by atoms with E-state index in [4.69, 9.17) is 4.74 Å². The molecular formula is C17H21BrN2O. The average molecular weight is 349 g/mol. The molecule has 1 N–H and O–H groups in total. The van der Waals surface area contributed by atoms with Gasteiger partial charge in [0.15, 0.2) is 0 Å². The molecule has 0 saturated heterocycles. The van der Waals surface area contributed by atoms with Crippen molar-refractivity contribution in [3.05, 3.63) is 57.8 Å². The number of aryl methyl sites for hydroxylation is 1. The van der Waals surface area contributed by atoms with Crippen molar-refractivity contribution in [1.82, 2.24) is 10.3 Å². The van der Waals surface area contributed by atoms with Crippen molar-refractivity contribution in [2.24, 2.45) is 0 Å². The number of aromatic nitrogens is 1. The van der Waals surface area contributed by atoms with Gasteiger partial charge in [0.25, 0.3) is 0 Å². The van der Waals surface area contributed by atoms with E-state index in [1.807, 2.05) is 12.3 Å². The zero-order valence-corrected chi connectivity index (χ0v) is 14.3. The highest BCUT2D eigenvalue weighted by molar-refractivity contribution is 9.10. The van der Waals surface area contributed by atoms with Crippen molar-refractivity contribution in [2.45, 2.75) is 26.3 Å². The normalized spacial score (nSPS) is 12.2. The van der Waals surface area contributed by atoms with Crippen LogP contribution in [0.2, 0.25) is 0 Å². The van der Waals surface area contributed by atoms with Gasteiger partial charge in [-0.2, -0.15) is 0 Å². The molecule has 0 aliphatic carbocycles. The minimum Gasteiger partial charge on any atom is -0.496 e. The van der Waals surface area contributed by atoms with Gasteiger partial charge in [-0.1, -0.05) is 24.6 Å². The fraction of sp³-hybridized carbons (Fsp3) is 0.353. The average Bonchev–Trinajstić information content (AvgIpc) is 2.47. The molecule has 1 aromatic heterocycles. The van der Waals surface area contributed by atoms with Crippen LogP contribution >= 0.6 is 15.9 Å². The molecule has 0 fully saturated rings. The van der Waals surface area contributed by atoms with Gasteiger partial charge in [-0.3, -0.25) is 4.98 Å². The summed E-state index contributed by atoms with van der Waals surface area (Å²) >= 11 is 3.48. The fourth-order valence-electron chi connectivity index (χ4n) is 2.47. The first-order chi connectivity index (χ1) is 10.1. The number of ether oxygens (including phenoxy) is 1. The van der Waals surface area contributed by atoms with E-state index in [0.29, 0.717) is 0 Å². The lowest BCUT2D eigenvalue weighted by Gasteiger charge is -2.21. The van der Waals surface area contributed by atoms with Crippen molar-refractivity contribution >= 4 is 15.9 Å². The van der Waals surface area contributed by atoms with E-state index in [1.54, 1.807) is 13.3 Å². The monoisotopic (exact) mass is 348 g/mol. The van der Waals surface area contributed by atoms with Crippen molar-refractivity contribution in [2.75, 3.05) is 13.7 Å². The highest BCUT2D eigenvalue weighted by Gasteiger charge is 2.16. The number of nitrogens with one attached hydrogen (secondary N) is 1. The maximum absolute atomic E-state index is 5.52. The molecule has 112 valence electrons. The predicted octanol–water partition coefficient (Wildman–Crippen LogP) is 4.05. The van der Waals surface area contributed by atoms with Crippen LogP contribution in [-0.2, 0) is 6.42 Å². The molecule has 3 nitrogen and oxygen atoms in total. The molecule has 0 aliphatic rings. The molecule has 0 saturated carbocycles. The number of halogens is 1. The Morgan fingerprint density at radius 2 is 2.10 bits per heavy atom. The third-order valence-corrected chi connectivity index (χ3v) is 3.85. The Morgan fingerprint density at radius 3 is 2.76 bits per heavy atom. The molecule has 1 unspecified atom stereocenters. The van der Waals surface area contributed by atoms with Gasteiger partial charge in [-0.25, -0.2) is 0 Å². The van der Waals surface area contributed by atoms with Crippen molar-refractivity contribution in [3.8, 4) is 5.75 Å². The highest BCUT2D eigenvalue weighted by Crippen LogP contribution is 2.29. The number of methoxy groups -OCH3 is 1. The molecular weight excluding hydrogens is 328 g/mol. The van der Waals surface area contributed by atoms with Crippen LogP contribution in [0.15, 0.2) is 41.1 Å². The van der Waals surface area contributed by atoms with Crippen LogP contribution in [0.4, 0.5) is 0 Å². The summed E-state index contributed by atoms with van der Waals surface area (Å²) in [5, 5.41) is 3.55. The summed E-state index contributed by atoms with van der Waals surface area (Å²) in [6.45, 7) is 5.13.